The molecule has 0 bridgehead atoms. The van der Waals surface area contributed by atoms with Gasteiger partial charge in [0.05, 0.1) is 22.9 Å². The van der Waals surface area contributed by atoms with E-state index in [-0.39, 0.29) is 5.02 Å². The predicted octanol–water partition coefficient (Wildman–Crippen LogP) is 3.71. The highest BCUT2D eigenvalue weighted by Crippen LogP contribution is 2.24. The zero-order valence-electron chi connectivity index (χ0n) is 11.1. The van der Waals surface area contributed by atoms with Crippen LogP contribution in [0.1, 0.15) is 17.2 Å². The van der Waals surface area contributed by atoms with Gasteiger partial charge in [0.2, 0.25) is 0 Å². The number of para-hydroxylation sites is 1. The highest BCUT2D eigenvalue weighted by molar-refractivity contribution is 6.30. The highest BCUT2D eigenvalue weighted by Gasteiger charge is 2.13. The van der Waals surface area contributed by atoms with Crippen molar-refractivity contribution in [3.05, 3.63) is 82.9 Å². The summed E-state index contributed by atoms with van der Waals surface area (Å²) in [7, 11) is 0. The molecule has 0 radical (unpaired) electrons. The first kappa shape index (κ1) is 13.8. The molecule has 1 heterocycles. The van der Waals surface area contributed by atoms with Gasteiger partial charge in [-0.1, -0.05) is 35.9 Å². The molecule has 3 rings (SSSR count). The molecule has 0 spiro atoms. The van der Waals surface area contributed by atoms with Crippen molar-refractivity contribution < 1.29 is 4.39 Å². The Morgan fingerprint density at radius 2 is 1.86 bits per heavy atom. The minimum absolute atomic E-state index is 0.0888. The van der Waals surface area contributed by atoms with Gasteiger partial charge in [-0.05, 0) is 29.8 Å². The van der Waals surface area contributed by atoms with Crippen molar-refractivity contribution in [2.45, 2.75) is 6.04 Å². The molecule has 0 amide bonds. The summed E-state index contributed by atoms with van der Waals surface area (Å²) in [6.07, 6.45) is 3.52. The number of rotatable bonds is 3. The number of nitrogens with two attached hydrogens (primary N) is 1. The van der Waals surface area contributed by atoms with Crippen molar-refractivity contribution in [2.75, 3.05) is 0 Å². The van der Waals surface area contributed by atoms with Crippen LogP contribution in [0, 0.1) is 5.82 Å². The number of hydrogen-bond acceptors (Lipinski definition) is 2. The molecule has 0 aliphatic rings. The van der Waals surface area contributed by atoms with E-state index in [9.17, 15) is 4.39 Å². The van der Waals surface area contributed by atoms with Crippen LogP contribution < -0.4 is 5.73 Å². The van der Waals surface area contributed by atoms with Crippen molar-refractivity contribution in [1.29, 1.82) is 0 Å². The van der Waals surface area contributed by atoms with Gasteiger partial charge in [0.25, 0.3) is 0 Å². The Bertz CT molecular complexity index is 755. The van der Waals surface area contributed by atoms with E-state index in [1.54, 1.807) is 16.9 Å². The van der Waals surface area contributed by atoms with Crippen molar-refractivity contribution in [2.24, 2.45) is 5.73 Å². The molecule has 0 fully saturated rings. The molecule has 0 saturated heterocycles. The Morgan fingerprint density at radius 3 is 2.57 bits per heavy atom. The first-order valence-corrected chi connectivity index (χ1v) is 6.83. The number of nitrogens with zero attached hydrogens (tertiary/aromatic N) is 2. The van der Waals surface area contributed by atoms with Gasteiger partial charge in [-0.2, -0.15) is 5.10 Å². The fraction of sp³-hybridized carbons (Fsp3) is 0.0625. The third-order valence-electron chi connectivity index (χ3n) is 3.29. The van der Waals surface area contributed by atoms with Crippen molar-refractivity contribution in [1.82, 2.24) is 9.78 Å². The quantitative estimate of drug-likeness (QED) is 0.801. The normalized spacial score (nSPS) is 12.3. The van der Waals surface area contributed by atoms with Gasteiger partial charge in [-0.3, -0.25) is 0 Å². The molecule has 1 unspecified atom stereocenters. The van der Waals surface area contributed by atoms with E-state index in [1.165, 1.54) is 12.1 Å². The summed E-state index contributed by atoms with van der Waals surface area (Å²) in [6.45, 7) is 0. The summed E-state index contributed by atoms with van der Waals surface area (Å²) in [5, 5.41) is 4.38. The van der Waals surface area contributed by atoms with Gasteiger partial charge in [-0.25, -0.2) is 9.07 Å². The largest absolute Gasteiger partial charge is 0.320 e. The molecule has 0 saturated carbocycles. The SMILES string of the molecule is NC(c1ccc(Cl)c(F)c1)c1cnn(-c2ccccc2)c1. The highest BCUT2D eigenvalue weighted by atomic mass is 35.5. The Hall–Kier alpha value is -2.17. The van der Waals surface area contributed by atoms with Crippen molar-refractivity contribution >= 4 is 11.6 Å². The van der Waals surface area contributed by atoms with Crippen molar-refractivity contribution in [3.63, 3.8) is 0 Å². The minimum atomic E-state index is -0.472. The molecule has 2 N–H and O–H groups in total. The first-order valence-electron chi connectivity index (χ1n) is 6.45. The second kappa shape index (κ2) is 5.68. The maximum Gasteiger partial charge on any atom is 0.142 e. The Balaban J connectivity index is 1.90. The fourth-order valence-electron chi connectivity index (χ4n) is 2.12. The smallest absolute Gasteiger partial charge is 0.142 e. The van der Waals surface area contributed by atoms with Crippen LogP contribution in [0.25, 0.3) is 5.69 Å². The molecule has 1 atom stereocenters. The van der Waals surface area contributed by atoms with Crippen LogP contribution in [0.4, 0.5) is 4.39 Å². The number of hydrogen-bond donors (Lipinski definition) is 1. The van der Waals surface area contributed by atoms with Gasteiger partial charge in [0.1, 0.15) is 5.82 Å². The van der Waals surface area contributed by atoms with E-state index in [0.717, 1.165) is 11.3 Å². The third kappa shape index (κ3) is 2.82. The maximum absolute atomic E-state index is 13.5. The van der Waals surface area contributed by atoms with E-state index in [2.05, 4.69) is 5.10 Å². The van der Waals surface area contributed by atoms with E-state index in [4.69, 9.17) is 17.3 Å². The molecule has 21 heavy (non-hydrogen) atoms. The monoisotopic (exact) mass is 301 g/mol. The zero-order valence-corrected chi connectivity index (χ0v) is 11.8. The van der Waals surface area contributed by atoms with Gasteiger partial charge < -0.3 is 5.73 Å². The molecule has 1 aromatic heterocycles. The van der Waals surface area contributed by atoms with E-state index in [0.29, 0.717) is 5.56 Å². The summed E-state index contributed by atoms with van der Waals surface area (Å²) in [5.41, 5.74) is 8.57. The molecule has 0 aliphatic heterocycles. The Kier molecular flexibility index (Phi) is 3.73. The van der Waals surface area contributed by atoms with Crippen LogP contribution in [-0.2, 0) is 0 Å². The third-order valence-corrected chi connectivity index (χ3v) is 3.59. The summed E-state index contributed by atoms with van der Waals surface area (Å²) < 4.78 is 15.3. The van der Waals surface area contributed by atoms with Gasteiger partial charge >= 0.3 is 0 Å². The van der Waals surface area contributed by atoms with E-state index < -0.39 is 11.9 Å². The standard InChI is InChI=1S/C16H13ClFN3/c17-14-7-6-11(8-15(14)18)16(19)12-9-20-21(10-12)13-4-2-1-3-5-13/h1-10,16H,19H2. The average molecular weight is 302 g/mol. The van der Waals surface area contributed by atoms with Gasteiger partial charge in [0, 0.05) is 11.8 Å². The van der Waals surface area contributed by atoms with Crippen molar-refractivity contribution in [3.8, 4) is 5.69 Å². The summed E-state index contributed by atoms with van der Waals surface area (Å²) in [6, 6.07) is 13.8. The van der Waals surface area contributed by atoms with E-state index in [1.807, 2.05) is 36.5 Å². The fourth-order valence-corrected chi connectivity index (χ4v) is 2.24. The lowest BCUT2D eigenvalue weighted by atomic mass is 10.0. The van der Waals surface area contributed by atoms with Crippen LogP contribution >= 0.6 is 11.6 Å². The number of halogens is 2. The molecule has 3 nitrogen and oxygen atoms in total. The lowest BCUT2D eigenvalue weighted by molar-refractivity contribution is 0.624. The topological polar surface area (TPSA) is 43.8 Å². The molecule has 5 heteroatoms. The molecule has 106 valence electrons. The van der Waals surface area contributed by atoms with Crippen LogP contribution in [0.15, 0.2) is 60.9 Å². The molecule has 2 aromatic carbocycles. The summed E-state index contributed by atoms with van der Waals surface area (Å²) in [4.78, 5) is 0. The first-order chi connectivity index (χ1) is 10.1. The molecule has 3 aromatic rings. The van der Waals surface area contributed by atoms with Gasteiger partial charge in [-0.15, -0.1) is 0 Å². The summed E-state index contributed by atoms with van der Waals surface area (Å²) in [5.74, 6) is -0.472. The maximum atomic E-state index is 13.5. The molecule has 0 aliphatic carbocycles. The number of benzene rings is 2. The van der Waals surface area contributed by atoms with Crippen LogP contribution in [-0.4, -0.2) is 9.78 Å². The lowest BCUT2D eigenvalue weighted by Crippen LogP contribution is -2.11. The molecular weight excluding hydrogens is 289 g/mol. The second-order valence-electron chi connectivity index (χ2n) is 4.71. The predicted molar refractivity (Wildman–Crippen MR) is 81.0 cm³/mol. The summed E-state index contributed by atoms with van der Waals surface area (Å²) >= 11 is 5.68. The molecular formula is C16H13ClFN3. The van der Waals surface area contributed by atoms with Crippen LogP contribution in [0.3, 0.4) is 0 Å². The van der Waals surface area contributed by atoms with E-state index >= 15 is 0 Å². The zero-order chi connectivity index (χ0) is 14.8. The van der Waals surface area contributed by atoms with Gasteiger partial charge in [0.15, 0.2) is 0 Å². The second-order valence-corrected chi connectivity index (χ2v) is 5.11. The lowest BCUT2D eigenvalue weighted by Gasteiger charge is -2.10. The average Bonchev–Trinajstić information content (AvgIpc) is 3.00. The van der Waals surface area contributed by atoms with Crippen LogP contribution in [0.5, 0.6) is 0 Å². The Morgan fingerprint density at radius 1 is 1.10 bits per heavy atom. The van der Waals surface area contributed by atoms with Crippen LogP contribution in [0.2, 0.25) is 5.02 Å². The Labute approximate surface area is 126 Å². The minimum Gasteiger partial charge on any atom is -0.320 e. The number of aromatic nitrogens is 2.